The Kier molecular flexibility index (Phi) is 3.74. The van der Waals surface area contributed by atoms with Crippen LogP contribution in [0.15, 0.2) is 6.20 Å². The molecule has 0 N–H and O–H groups in total. The molecule has 18 heavy (non-hydrogen) atoms. The first kappa shape index (κ1) is 13.1. The number of ketones is 1. The zero-order chi connectivity index (χ0) is 13.3. The number of Topliss-reactive ketones (excluding diaryl/α,β-unsaturated/α-hetero) is 1. The van der Waals surface area contributed by atoms with E-state index in [4.69, 9.17) is 11.6 Å². The molecule has 94 valence electrons. The molecule has 0 radical (unpaired) electrons. The molecular weight excluding hydrogens is 296 g/mol. The van der Waals surface area contributed by atoms with Crippen molar-refractivity contribution >= 4 is 46.0 Å². The molecule has 0 atom stereocenters. The summed E-state index contributed by atoms with van der Waals surface area (Å²) < 4.78 is 5.11. The predicted octanol–water partition coefficient (Wildman–Crippen LogP) is 2.91. The third kappa shape index (κ3) is 2.43. The Bertz CT molecular complexity index is 620. The number of hydrogen-bond donors (Lipinski definition) is 0. The van der Waals surface area contributed by atoms with Crippen molar-refractivity contribution in [2.24, 2.45) is 0 Å². The third-order valence-electron chi connectivity index (χ3n) is 1.99. The number of esters is 1. The predicted molar refractivity (Wildman–Crippen MR) is 69.6 cm³/mol. The third-order valence-corrected chi connectivity index (χ3v) is 4.40. The quantitative estimate of drug-likeness (QED) is 0.644. The van der Waals surface area contributed by atoms with Gasteiger partial charge in [-0.15, -0.1) is 11.3 Å². The minimum absolute atomic E-state index is 0.0244. The van der Waals surface area contributed by atoms with E-state index in [0.717, 1.165) is 11.3 Å². The van der Waals surface area contributed by atoms with Crippen LogP contribution < -0.4 is 0 Å². The summed E-state index contributed by atoms with van der Waals surface area (Å²) in [5, 5.41) is 1.06. The fourth-order valence-electron chi connectivity index (χ4n) is 1.24. The molecule has 2 aromatic rings. The summed E-state index contributed by atoms with van der Waals surface area (Å²) in [5.74, 6) is -0.868. The average Bonchev–Trinajstić information content (AvgIpc) is 2.93. The molecule has 0 saturated carbocycles. The molecule has 0 aliphatic carbocycles. The number of ether oxygens (including phenoxy) is 1. The van der Waals surface area contributed by atoms with E-state index in [1.807, 2.05) is 0 Å². The van der Waals surface area contributed by atoms with Crippen molar-refractivity contribution in [2.45, 2.75) is 6.92 Å². The van der Waals surface area contributed by atoms with Gasteiger partial charge in [0.05, 0.1) is 13.3 Å². The molecule has 0 spiro atoms. The lowest BCUT2D eigenvalue weighted by molar-refractivity contribution is 0.0591. The smallest absolute Gasteiger partial charge is 0.358 e. The molecule has 0 fully saturated rings. The monoisotopic (exact) mass is 302 g/mol. The lowest BCUT2D eigenvalue weighted by Gasteiger charge is -1.95. The Morgan fingerprint density at radius 1 is 1.33 bits per heavy atom. The number of hydrogen-bond acceptors (Lipinski definition) is 7. The van der Waals surface area contributed by atoms with Crippen molar-refractivity contribution in [3.8, 4) is 10.0 Å². The zero-order valence-electron chi connectivity index (χ0n) is 9.39. The number of thiazole rings is 2. The standard InChI is InChI=1S/C10H7ClN2O3S2/c1-4(14)7-6(10(15)16-2)13-9(18-7)8-12-3-5(11)17-8/h3H,1-2H3. The second-order valence-corrected chi connectivity index (χ2v) is 5.88. The Morgan fingerprint density at radius 3 is 2.56 bits per heavy atom. The molecule has 0 saturated heterocycles. The fourth-order valence-corrected chi connectivity index (χ4v) is 3.12. The molecule has 5 nitrogen and oxygen atoms in total. The Hall–Kier alpha value is -1.31. The van der Waals surface area contributed by atoms with Crippen molar-refractivity contribution in [3.05, 3.63) is 21.1 Å². The van der Waals surface area contributed by atoms with Gasteiger partial charge in [0.1, 0.15) is 9.21 Å². The number of rotatable bonds is 3. The van der Waals surface area contributed by atoms with Gasteiger partial charge in [-0.3, -0.25) is 4.79 Å². The van der Waals surface area contributed by atoms with E-state index < -0.39 is 5.97 Å². The molecule has 0 aliphatic rings. The summed E-state index contributed by atoms with van der Waals surface area (Å²) in [7, 11) is 1.24. The summed E-state index contributed by atoms with van der Waals surface area (Å²) >= 11 is 8.12. The van der Waals surface area contributed by atoms with Crippen LogP contribution in [0.25, 0.3) is 10.0 Å². The highest BCUT2D eigenvalue weighted by atomic mass is 35.5. The van der Waals surface area contributed by atoms with E-state index in [1.54, 1.807) is 0 Å². The van der Waals surface area contributed by atoms with Gasteiger partial charge in [0.15, 0.2) is 21.5 Å². The van der Waals surface area contributed by atoms with Crippen molar-refractivity contribution in [1.29, 1.82) is 0 Å². The zero-order valence-corrected chi connectivity index (χ0v) is 11.8. The van der Waals surface area contributed by atoms with Crippen LogP contribution in [0, 0.1) is 0 Å². The van der Waals surface area contributed by atoms with Gasteiger partial charge in [-0.05, 0) is 0 Å². The van der Waals surface area contributed by atoms with Crippen LogP contribution in [0.1, 0.15) is 27.1 Å². The Balaban J connectivity index is 2.52. The minimum Gasteiger partial charge on any atom is -0.464 e. The lowest BCUT2D eigenvalue weighted by Crippen LogP contribution is -2.06. The first-order valence-corrected chi connectivity index (χ1v) is 6.75. The van der Waals surface area contributed by atoms with E-state index in [1.165, 1.54) is 31.6 Å². The molecule has 0 amide bonds. The number of halogens is 1. The normalized spacial score (nSPS) is 10.4. The molecule has 0 bridgehead atoms. The molecular formula is C10H7ClN2O3S2. The lowest BCUT2D eigenvalue weighted by atomic mass is 10.3. The van der Waals surface area contributed by atoms with Crippen LogP contribution in [0.4, 0.5) is 0 Å². The van der Waals surface area contributed by atoms with Crippen molar-refractivity contribution < 1.29 is 14.3 Å². The number of carbonyl (C=O) groups excluding carboxylic acids is 2. The van der Waals surface area contributed by atoms with Crippen LogP contribution in [-0.2, 0) is 4.74 Å². The molecule has 0 aliphatic heterocycles. The number of nitrogens with zero attached hydrogens (tertiary/aromatic N) is 2. The summed E-state index contributed by atoms with van der Waals surface area (Å²) in [5.41, 5.74) is 0.0244. The largest absolute Gasteiger partial charge is 0.464 e. The maximum Gasteiger partial charge on any atom is 0.358 e. The van der Waals surface area contributed by atoms with Gasteiger partial charge < -0.3 is 4.74 Å². The van der Waals surface area contributed by atoms with Gasteiger partial charge in [-0.2, -0.15) is 0 Å². The fraction of sp³-hybridized carbons (Fsp3) is 0.200. The van der Waals surface area contributed by atoms with E-state index in [9.17, 15) is 9.59 Å². The van der Waals surface area contributed by atoms with E-state index >= 15 is 0 Å². The van der Waals surface area contributed by atoms with E-state index in [2.05, 4.69) is 14.7 Å². The van der Waals surface area contributed by atoms with Crippen LogP contribution in [0.3, 0.4) is 0 Å². The SMILES string of the molecule is COC(=O)c1nc(-c2ncc(Cl)s2)sc1C(C)=O. The van der Waals surface area contributed by atoms with Crippen molar-refractivity contribution in [3.63, 3.8) is 0 Å². The molecule has 0 aromatic carbocycles. The van der Waals surface area contributed by atoms with Crippen LogP contribution >= 0.6 is 34.3 Å². The van der Waals surface area contributed by atoms with Crippen LogP contribution in [-0.4, -0.2) is 28.8 Å². The first-order chi connectivity index (χ1) is 8.52. The van der Waals surface area contributed by atoms with Crippen LogP contribution in [0.5, 0.6) is 0 Å². The highest BCUT2D eigenvalue weighted by Gasteiger charge is 2.23. The number of carbonyl (C=O) groups is 2. The molecule has 8 heteroatoms. The summed E-state index contributed by atoms with van der Waals surface area (Å²) in [4.78, 5) is 31.4. The van der Waals surface area contributed by atoms with Gasteiger partial charge in [-0.25, -0.2) is 14.8 Å². The topological polar surface area (TPSA) is 69.2 Å². The summed E-state index contributed by atoms with van der Waals surface area (Å²) in [6, 6.07) is 0. The van der Waals surface area contributed by atoms with Gasteiger partial charge in [0.2, 0.25) is 0 Å². The minimum atomic E-state index is -0.634. The average molecular weight is 303 g/mol. The molecule has 2 heterocycles. The van der Waals surface area contributed by atoms with E-state index in [-0.39, 0.29) is 16.4 Å². The second kappa shape index (κ2) is 5.13. The van der Waals surface area contributed by atoms with Gasteiger partial charge >= 0.3 is 5.97 Å². The first-order valence-electron chi connectivity index (χ1n) is 4.74. The molecule has 2 rings (SSSR count). The maximum absolute atomic E-state index is 11.5. The van der Waals surface area contributed by atoms with Crippen LogP contribution in [0.2, 0.25) is 4.34 Å². The summed E-state index contributed by atoms with van der Waals surface area (Å²) in [6.07, 6.45) is 1.49. The van der Waals surface area contributed by atoms with E-state index in [0.29, 0.717) is 14.4 Å². The highest BCUT2D eigenvalue weighted by Crippen LogP contribution is 2.33. The second-order valence-electron chi connectivity index (χ2n) is 3.21. The molecule has 0 unspecified atom stereocenters. The van der Waals surface area contributed by atoms with Crippen molar-refractivity contribution in [2.75, 3.05) is 7.11 Å². The molecule has 2 aromatic heterocycles. The maximum atomic E-state index is 11.5. The Morgan fingerprint density at radius 2 is 2.06 bits per heavy atom. The number of methoxy groups -OCH3 is 1. The van der Waals surface area contributed by atoms with Crippen molar-refractivity contribution in [1.82, 2.24) is 9.97 Å². The summed E-state index contributed by atoms with van der Waals surface area (Å²) in [6.45, 7) is 1.37. The Labute approximate surface area is 115 Å². The van der Waals surface area contributed by atoms with Gasteiger partial charge in [0, 0.05) is 6.92 Å². The highest BCUT2D eigenvalue weighted by molar-refractivity contribution is 7.24. The van der Waals surface area contributed by atoms with Gasteiger partial charge in [-0.1, -0.05) is 22.9 Å². The number of aromatic nitrogens is 2. The van der Waals surface area contributed by atoms with Gasteiger partial charge in [0.25, 0.3) is 0 Å².